The Hall–Kier alpha value is -2.67. The molecule has 24 heavy (non-hydrogen) atoms. The maximum Gasteiger partial charge on any atom is 0.234 e. The third-order valence-electron chi connectivity index (χ3n) is 3.23. The maximum absolute atomic E-state index is 13.7. The van der Waals surface area contributed by atoms with Gasteiger partial charge in [-0.2, -0.15) is 0 Å². The van der Waals surface area contributed by atoms with E-state index in [1.807, 2.05) is 31.2 Å². The van der Waals surface area contributed by atoms with Crippen molar-refractivity contribution in [1.29, 1.82) is 0 Å². The number of nitrogens with one attached hydrogen (secondary N) is 2. The number of benzene rings is 2. The Bertz CT molecular complexity index is 865. The molecule has 0 saturated heterocycles. The van der Waals surface area contributed by atoms with Crippen LogP contribution in [0.15, 0.2) is 53.7 Å². The van der Waals surface area contributed by atoms with Crippen molar-refractivity contribution >= 4 is 23.4 Å². The van der Waals surface area contributed by atoms with Crippen LogP contribution in [0.2, 0.25) is 0 Å². The van der Waals surface area contributed by atoms with E-state index in [2.05, 4.69) is 20.5 Å². The highest BCUT2D eigenvalue weighted by Gasteiger charge is 2.11. The molecule has 5 nitrogen and oxygen atoms in total. The number of carbonyl (C=O) groups excluding carboxylic acids is 1. The molecule has 0 radical (unpaired) electrons. The zero-order chi connectivity index (χ0) is 16.9. The molecule has 1 aromatic heterocycles. The van der Waals surface area contributed by atoms with Crippen molar-refractivity contribution in [3.63, 3.8) is 0 Å². The molecule has 122 valence electrons. The molecule has 0 aliphatic carbocycles. The van der Waals surface area contributed by atoms with E-state index in [-0.39, 0.29) is 17.5 Å². The molecule has 0 aliphatic heterocycles. The monoisotopic (exact) mass is 342 g/mol. The molecule has 0 aliphatic rings. The molecule has 0 unspecified atom stereocenters. The SMILES string of the molecule is Cc1cccc(NC(=O)CSc2n[nH]c(-c3ccccc3F)n2)c1. The number of aryl methyl sites for hydroxylation is 1. The first kappa shape index (κ1) is 16.2. The van der Waals surface area contributed by atoms with Crippen LogP contribution in [-0.2, 0) is 4.79 Å². The number of nitrogens with zero attached hydrogens (tertiary/aromatic N) is 2. The number of rotatable bonds is 5. The first-order chi connectivity index (χ1) is 11.6. The Kier molecular flexibility index (Phi) is 4.90. The Balaban J connectivity index is 1.59. The van der Waals surface area contributed by atoms with Crippen LogP contribution in [-0.4, -0.2) is 26.8 Å². The molecule has 7 heteroatoms. The van der Waals surface area contributed by atoms with Gasteiger partial charge in [0.05, 0.1) is 11.3 Å². The number of carbonyl (C=O) groups is 1. The number of hydrogen-bond donors (Lipinski definition) is 2. The molecule has 3 aromatic rings. The van der Waals surface area contributed by atoms with Crippen LogP contribution in [0.25, 0.3) is 11.4 Å². The average Bonchev–Trinajstić information content (AvgIpc) is 3.02. The molecule has 0 bridgehead atoms. The van der Waals surface area contributed by atoms with Crippen LogP contribution in [0.5, 0.6) is 0 Å². The fraction of sp³-hybridized carbons (Fsp3) is 0.118. The van der Waals surface area contributed by atoms with Crippen molar-refractivity contribution in [1.82, 2.24) is 15.2 Å². The summed E-state index contributed by atoms with van der Waals surface area (Å²) in [5, 5.41) is 9.91. The van der Waals surface area contributed by atoms with Crippen LogP contribution >= 0.6 is 11.8 Å². The van der Waals surface area contributed by atoms with Gasteiger partial charge in [0.1, 0.15) is 5.82 Å². The van der Waals surface area contributed by atoms with Crippen LogP contribution in [0.3, 0.4) is 0 Å². The van der Waals surface area contributed by atoms with Gasteiger partial charge in [0.2, 0.25) is 11.1 Å². The zero-order valence-electron chi connectivity index (χ0n) is 12.9. The summed E-state index contributed by atoms with van der Waals surface area (Å²) in [6, 6.07) is 13.9. The van der Waals surface area contributed by atoms with Gasteiger partial charge < -0.3 is 5.32 Å². The van der Waals surface area contributed by atoms with E-state index in [4.69, 9.17) is 0 Å². The van der Waals surface area contributed by atoms with Crippen molar-refractivity contribution in [3.8, 4) is 11.4 Å². The molecular weight excluding hydrogens is 327 g/mol. The summed E-state index contributed by atoms with van der Waals surface area (Å²) in [4.78, 5) is 16.2. The number of anilines is 1. The van der Waals surface area contributed by atoms with Gasteiger partial charge in [-0.1, -0.05) is 36.0 Å². The minimum absolute atomic E-state index is 0.150. The Morgan fingerprint density at radius 1 is 1.25 bits per heavy atom. The largest absolute Gasteiger partial charge is 0.325 e. The minimum atomic E-state index is -0.373. The molecule has 2 aromatic carbocycles. The van der Waals surface area contributed by atoms with Gasteiger partial charge in [0.15, 0.2) is 5.82 Å². The minimum Gasteiger partial charge on any atom is -0.325 e. The normalized spacial score (nSPS) is 10.6. The molecule has 1 heterocycles. The first-order valence-electron chi connectivity index (χ1n) is 7.28. The van der Waals surface area contributed by atoms with Gasteiger partial charge in [-0.25, -0.2) is 9.37 Å². The third kappa shape index (κ3) is 3.99. The number of thioether (sulfide) groups is 1. The lowest BCUT2D eigenvalue weighted by molar-refractivity contribution is -0.113. The van der Waals surface area contributed by atoms with Crippen molar-refractivity contribution in [2.75, 3.05) is 11.1 Å². The zero-order valence-corrected chi connectivity index (χ0v) is 13.7. The molecule has 0 spiro atoms. The van der Waals surface area contributed by atoms with E-state index in [0.29, 0.717) is 16.5 Å². The summed E-state index contributed by atoms with van der Waals surface area (Å²) >= 11 is 1.19. The van der Waals surface area contributed by atoms with Gasteiger partial charge in [0, 0.05) is 5.69 Å². The second-order valence-corrected chi connectivity index (χ2v) is 6.10. The molecule has 0 saturated carbocycles. The summed E-state index contributed by atoms with van der Waals surface area (Å²) in [6.45, 7) is 1.96. The van der Waals surface area contributed by atoms with E-state index in [9.17, 15) is 9.18 Å². The fourth-order valence-electron chi connectivity index (χ4n) is 2.13. The number of halogens is 1. The second kappa shape index (κ2) is 7.27. The Morgan fingerprint density at radius 3 is 2.88 bits per heavy atom. The number of aromatic amines is 1. The lowest BCUT2D eigenvalue weighted by atomic mass is 10.2. The van der Waals surface area contributed by atoms with E-state index >= 15 is 0 Å². The summed E-state index contributed by atoms with van der Waals surface area (Å²) in [5.41, 5.74) is 2.17. The standard InChI is InChI=1S/C17H15FN4OS/c1-11-5-4-6-12(9-11)19-15(23)10-24-17-20-16(21-22-17)13-7-2-3-8-14(13)18/h2-9H,10H2,1H3,(H,19,23)(H,20,21,22). The summed E-state index contributed by atoms with van der Waals surface area (Å²) in [5.74, 6) is -0.0115. The van der Waals surface area contributed by atoms with Crippen LogP contribution in [0.4, 0.5) is 10.1 Å². The fourth-order valence-corrected chi connectivity index (χ4v) is 2.73. The number of H-pyrrole nitrogens is 1. The van der Waals surface area contributed by atoms with Crippen LogP contribution in [0, 0.1) is 12.7 Å². The topological polar surface area (TPSA) is 70.7 Å². The summed E-state index contributed by atoms with van der Waals surface area (Å²) < 4.78 is 13.7. The smallest absolute Gasteiger partial charge is 0.234 e. The molecule has 3 rings (SSSR count). The van der Waals surface area contributed by atoms with E-state index in [0.717, 1.165) is 11.3 Å². The summed E-state index contributed by atoms with van der Waals surface area (Å²) in [7, 11) is 0. The van der Waals surface area contributed by atoms with Crippen molar-refractivity contribution in [2.45, 2.75) is 12.1 Å². The second-order valence-electron chi connectivity index (χ2n) is 5.15. The van der Waals surface area contributed by atoms with Crippen molar-refractivity contribution in [2.24, 2.45) is 0 Å². The quantitative estimate of drug-likeness (QED) is 0.694. The lowest BCUT2D eigenvalue weighted by Crippen LogP contribution is -2.14. The Morgan fingerprint density at radius 2 is 2.08 bits per heavy atom. The van der Waals surface area contributed by atoms with E-state index < -0.39 is 0 Å². The van der Waals surface area contributed by atoms with Crippen LogP contribution < -0.4 is 5.32 Å². The van der Waals surface area contributed by atoms with Gasteiger partial charge in [-0.15, -0.1) is 5.10 Å². The van der Waals surface area contributed by atoms with Gasteiger partial charge in [0.25, 0.3) is 0 Å². The molecule has 0 atom stereocenters. The highest BCUT2D eigenvalue weighted by atomic mass is 32.2. The van der Waals surface area contributed by atoms with Gasteiger partial charge >= 0.3 is 0 Å². The first-order valence-corrected chi connectivity index (χ1v) is 8.27. The highest BCUT2D eigenvalue weighted by Crippen LogP contribution is 2.21. The predicted molar refractivity (Wildman–Crippen MR) is 92.3 cm³/mol. The number of hydrogen-bond acceptors (Lipinski definition) is 4. The average molecular weight is 342 g/mol. The van der Waals surface area contributed by atoms with Gasteiger partial charge in [-0.3, -0.25) is 9.89 Å². The van der Waals surface area contributed by atoms with Crippen molar-refractivity contribution < 1.29 is 9.18 Å². The predicted octanol–water partition coefficient (Wildman–Crippen LogP) is 3.65. The molecule has 1 amide bonds. The van der Waals surface area contributed by atoms with Crippen molar-refractivity contribution in [3.05, 3.63) is 59.9 Å². The van der Waals surface area contributed by atoms with Crippen LogP contribution in [0.1, 0.15) is 5.56 Å². The van der Waals surface area contributed by atoms with E-state index in [1.165, 1.54) is 17.8 Å². The maximum atomic E-state index is 13.7. The lowest BCUT2D eigenvalue weighted by Gasteiger charge is -2.04. The summed E-state index contributed by atoms with van der Waals surface area (Å²) in [6.07, 6.45) is 0. The number of aromatic nitrogens is 3. The Labute approximate surface area is 142 Å². The molecule has 2 N–H and O–H groups in total. The third-order valence-corrected chi connectivity index (χ3v) is 4.08. The highest BCUT2D eigenvalue weighted by molar-refractivity contribution is 7.99. The molecule has 0 fully saturated rings. The number of amides is 1. The molecular formula is C17H15FN4OS. The van der Waals surface area contributed by atoms with Gasteiger partial charge in [-0.05, 0) is 36.8 Å². The van der Waals surface area contributed by atoms with E-state index in [1.54, 1.807) is 18.2 Å².